The Morgan fingerprint density at radius 1 is 1.20 bits per heavy atom. The molecule has 1 amide bonds. The summed E-state index contributed by atoms with van der Waals surface area (Å²) in [6.07, 6.45) is 0. The maximum atomic E-state index is 12.4. The number of halogens is 1. The van der Waals surface area contributed by atoms with Gasteiger partial charge in [-0.25, -0.2) is 0 Å². The summed E-state index contributed by atoms with van der Waals surface area (Å²) in [4.78, 5) is 13.9. The van der Waals surface area contributed by atoms with Crippen LogP contribution >= 0.6 is 11.6 Å². The minimum Gasteiger partial charge on any atom is -0.497 e. The van der Waals surface area contributed by atoms with E-state index < -0.39 is 0 Å². The molecular weight excluding hydrogens is 276 g/mol. The highest BCUT2D eigenvalue weighted by Crippen LogP contribution is 2.26. The van der Waals surface area contributed by atoms with Crippen LogP contribution in [0.15, 0.2) is 42.5 Å². The second kappa shape index (κ2) is 5.84. The fourth-order valence-electron chi connectivity index (χ4n) is 1.82. The number of carbonyl (C=O) groups is 1. The molecule has 0 aliphatic heterocycles. The number of nitrogens with two attached hydrogens (primary N) is 1. The number of rotatable bonds is 3. The van der Waals surface area contributed by atoms with Gasteiger partial charge in [0.05, 0.1) is 23.4 Å². The zero-order valence-electron chi connectivity index (χ0n) is 11.3. The van der Waals surface area contributed by atoms with Crippen LogP contribution in [0, 0.1) is 0 Å². The first kappa shape index (κ1) is 14.2. The number of ether oxygens (including phenoxy) is 1. The molecule has 0 fully saturated rings. The molecule has 0 saturated heterocycles. The van der Waals surface area contributed by atoms with Gasteiger partial charge in [-0.15, -0.1) is 0 Å². The Morgan fingerprint density at radius 3 is 2.45 bits per heavy atom. The number of benzene rings is 2. The summed E-state index contributed by atoms with van der Waals surface area (Å²) in [5, 5.41) is 0.276. The molecule has 0 aromatic heterocycles. The van der Waals surface area contributed by atoms with Crippen molar-refractivity contribution in [2.45, 2.75) is 0 Å². The van der Waals surface area contributed by atoms with E-state index in [1.807, 2.05) is 0 Å². The molecule has 20 heavy (non-hydrogen) atoms. The number of hydrogen-bond donors (Lipinski definition) is 1. The summed E-state index contributed by atoms with van der Waals surface area (Å²) in [5.74, 6) is 0.518. The van der Waals surface area contributed by atoms with Crippen LogP contribution in [0.2, 0.25) is 5.02 Å². The molecule has 4 nitrogen and oxygen atoms in total. The maximum absolute atomic E-state index is 12.4. The van der Waals surface area contributed by atoms with Gasteiger partial charge in [0.15, 0.2) is 0 Å². The topological polar surface area (TPSA) is 55.6 Å². The molecule has 0 radical (unpaired) electrons. The van der Waals surface area contributed by atoms with Crippen molar-refractivity contribution in [1.82, 2.24) is 0 Å². The molecule has 0 spiro atoms. The van der Waals surface area contributed by atoms with Crippen molar-refractivity contribution < 1.29 is 9.53 Å². The van der Waals surface area contributed by atoms with Crippen LogP contribution in [0.4, 0.5) is 11.4 Å². The lowest BCUT2D eigenvalue weighted by molar-refractivity contribution is 0.0993. The lowest BCUT2D eigenvalue weighted by Gasteiger charge is -2.18. The second-order valence-corrected chi connectivity index (χ2v) is 4.65. The van der Waals surface area contributed by atoms with Gasteiger partial charge in [-0.05, 0) is 36.4 Å². The predicted octanol–water partition coefficient (Wildman–Crippen LogP) is 3.21. The number of amides is 1. The van der Waals surface area contributed by atoms with Gasteiger partial charge in [0.2, 0.25) is 0 Å². The van der Waals surface area contributed by atoms with E-state index in [1.165, 1.54) is 4.90 Å². The Balaban J connectivity index is 2.29. The van der Waals surface area contributed by atoms with Gasteiger partial charge < -0.3 is 15.4 Å². The van der Waals surface area contributed by atoms with E-state index in [0.717, 1.165) is 11.4 Å². The van der Waals surface area contributed by atoms with Crippen molar-refractivity contribution in [3.8, 4) is 5.75 Å². The molecule has 104 valence electrons. The Bertz CT molecular complexity index is 626. The van der Waals surface area contributed by atoms with Gasteiger partial charge in [-0.2, -0.15) is 0 Å². The van der Waals surface area contributed by atoms with Crippen LogP contribution < -0.4 is 15.4 Å². The highest BCUT2D eigenvalue weighted by molar-refractivity contribution is 6.36. The first-order valence-electron chi connectivity index (χ1n) is 6.00. The zero-order chi connectivity index (χ0) is 14.7. The standard InChI is InChI=1S/C15H15ClN2O2/c1-18(10-6-8-11(20-2)9-7-10)15(19)12-4-3-5-13(17)14(12)16/h3-9H,17H2,1-2H3. The van der Waals surface area contributed by atoms with E-state index in [1.54, 1.807) is 56.6 Å². The molecule has 0 heterocycles. The van der Waals surface area contributed by atoms with Gasteiger partial charge in [0, 0.05) is 12.7 Å². The minimum atomic E-state index is -0.215. The van der Waals surface area contributed by atoms with Crippen LogP contribution in [0.5, 0.6) is 5.75 Å². The van der Waals surface area contributed by atoms with E-state index in [-0.39, 0.29) is 10.9 Å². The Kier molecular flexibility index (Phi) is 4.15. The SMILES string of the molecule is COc1ccc(N(C)C(=O)c2cccc(N)c2Cl)cc1. The Hall–Kier alpha value is -2.20. The van der Waals surface area contributed by atoms with E-state index >= 15 is 0 Å². The molecule has 5 heteroatoms. The van der Waals surface area contributed by atoms with E-state index in [9.17, 15) is 4.79 Å². The summed E-state index contributed by atoms with van der Waals surface area (Å²) < 4.78 is 5.09. The van der Waals surface area contributed by atoms with Crippen molar-refractivity contribution in [3.63, 3.8) is 0 Å². The quantitative estimate of drug-likeness (QED) is 0.883. The summed E-state index contributed by atoms with van der Waals surface area (Å²) in [5.41, 5.74) is 7.23. The monoisotopic (exact) mass is 290 g/mol. The molecular formula is C15H15ClN2O2. The summed E-state index contributed by atoms with van der Waals surface area (Å²) >= 11 is 6.07. The number of carbonyl (C=O) groups excluding carboxylic acids is 1. The maximum Gasteiger partial charge on any atom is 0.259 e. The highest BCUT2D eigenvalue weighted by Gasteiger charge is 2.17. The van der Waals surface area contributed by atoms with Crippen molar-refractivity contribution >= 4 is 28.9 Å². The van der Waals surface area contributed by atoms with Crippen molar-refractivity contribution in [3.05, 3.63) is 53.1 Å². The average Bonchev–Trinajstić information content (AvgIpc) is 2.48. The molecule has 0 atom stereocenters. The van der Waals surface area contributed by atoms with Gasteiger partial charge in [0.1, 0.15) is 5.75 Å². The lowest BCUT2D eigenvalue weighted by Crippen LogP contribution is -2.26. The smallest absolute Gasteiger partial charge is 0.259 e. The third-order valence-electron chi connectivity index (χ3n) is 3.02. The lowest BCUT2D eigenvalue weighted by atomic mass is 10.1. The fourth-order valence-corrected chi connectivity index (χ4v) is 2.03. The summed E-state index contributed by atoms with van der Waals surface area (Å²) in [7, 11) is 3.28. The number of hydrogen-bond acceptors (Lipinski definition) is 3. The van der Waals surface area contributed by atoms with Gasteiger partial charge in [-0.3, -0.25) is 4.79 Å². The predicted molar refractivity (Wildman–Crippen MR) is 81.6 cm³/mol. The third-order valence-corrected chi connectivity index (χ3v) is 3.45. The number of anilines is 2. The normalized spacial score (nSPS) is 10.2. The largest absolute Gasteiger partial charge is 0.497 e. The van der Waals surface area contributed by atoms with Crippen LogP contribution in [0.3, 0.4) is 0 Å². The first-order valence-corrected chi connectivity index (χ1v) is 6.38. The molecule has 2 aromatic carbocycles. The molecule has 2 N–H and O–H groups in total. The number of methoxy groups -OCH3 is 1. The molecule has 0 aliphatic rings. The van der Waals surface area contributed by atoms with Crippen LogP contribution in [-0.4, -0.2) is 20.1 Å². The summed E-state index contributed by atoms with van der Waals surface area (Å²) in [6, 6.07) is 12.2. The van der Waals surface area contributed by atoms with Crippen molar-refractivity contribution in [2.24, 2.45) is 0 Å². The third kappa shape index (κ3) is 2.70. The second-order valence-electron chi connectivity index (χ2n) is 4.27. The van der Waals surface area contributed by atoms with Crippen LogP contribution in [0.25, 0.3) is 0 Å². The fraction of sp³-hybridized carbons (Fsp3) is 0.133. The van der Waals surface area contributed by atoms with Gasteiger partial charge in [-0.1, -0.05) is 17.7 Å². The van der Waals surface area contributed by atoms with E-state index in [0.29, 0.717) is 11.3 Å². The number of nitrogen functional groups attached to an aromatic ring is 1. The Morgan fingerprint density at radius 2 is 1.85 bits per heavy atom. The van der Waals surface area contributed by atoms with E-state index in [2.05, 4.69) is 0 Å². The molecule has 2 rings (SSSR count). The van der Waals surface area contributed by atoms with Crippen LogP contribution in [0.1, 0.15) is 10.4 Å². The molecule has 0 aliphatic carbocycles. The minimum absolute atomic E-state index is 0.215. The highest BCUT2D eigenvalue weighted by atomic mass is 35.5. The van der Waals surface area contributed by atoms with Crippen molar-refractivity contribution in [2.75, 3.05) is 24.8 Å². The zero-order valence-corrected chi connectivity index (χ0v) is 12.0. The van der Waals surface area contributed by atoms with E-state index in [4.69, 9.17) is 22.1 Å². The Labute approximate surface area is 122 Å². The van der Waals surface area contributed by atoms with Gasteiger partial charge in [0.25, 0.3) is 5.91 Å². The first-order chi connectivity index (χ1) is 9.54. The molecule has 0 bridgehead atoms. The molecule has 0 unspecified atom stereocenters. The molecule has 0 saturated carbocycles. The number of nitrogens with zero attached hydrogens (tertiary/aromatic N) is 1. The van der Waals surface area contributed by atoms with Crippen molar-refractivity contribution in [1.29, 1.82) is 0 Å². The van der Waals surface area contributed by atoms with Gasteiger partial charge >= 0.3 is 0 Å². The molecule has 2 aromatic rings. The summed E-state index contributed by atoms with van der Waals surface area (Å²) in [6.45, 7) is 0. The average molecular weight is 291 g/mol. The van der Waals surface area contributed by atoms with Crippen LogP contribution in [-0.2, 0) is 0 Å².